The molecule has 1 unspecified atom stereocenters. The van der Waals surface area contributed by atoms with E-state index in [4.69, 9.17) is 4.74 Å². The monoisotopic (exact) mass is 523 g/mol. The number of likely N-dealkylation sites (N-methyl/N-ethyl adjacent to an activating group) is 1. The van der Waals surface area contributed by atoms with Crippen LogP contribution in [0.4, 0.5) is 0 Å². The lowest BCUT2D eigenvalue weighted by atomic mass is 10.1. The lowest BCUT2D eigenvalue weighted by molar-refractivity contribution is -0.133. The first-order chi connectivity index (χ1) is 13.6. The van der Waals surface area contributed by atoms with Crippen LogP contribution in [-0.4, -0.2) is 87.7 Å². The van der Waals surface area contributed by atoms with Crippen molar-refractivity contribution in [1.29, 1.82) is 0 Å². The van der Waals surface area contributed by atoms with Crippen molar-refractivity contribution < 1.29 is 9.53 Å². The number of nitrogens with one attached hydrogen (secondary N) is 2. The normalized spacial score (nSPS) is 21.3. The Morgan fingerprint density at radius 2 is 1.76 bits per heavy atom. The van der Waals surface area contributed by atoms with Gasteiger partial charge in [0, 0.05) is 40.8 Å². The van der Waals surface area contributed by atoms with Crippen LogP contribution in [0.25, 0.3) is 0 Å². The Hall–Kier alpha value is -0.610. The van der Waals surface area contributed by atoms with Gasteiger partial charge in [-0.05, 0) is 38.6 Å². The highest BCUT2D eigenvalue weighted by Crippen LogP contribution is 2.20. The molecule has 2 rings (SSSR count). The molecule has 1 saturated heterocycles. The molecule has 1 aliphatic carbocycles. The summed E-state index contributed by atoms with van der Waals surface area (Å²) in [4.78, 5) is 20.6. The molecule has 0 aromatic rings. The summed E-state index contributed by atoms with van der Waals surface area (Å²) in [5.74, 6) is 1.06. The summed E-state index contributed by atoms with van der Waals surface area (Å²) >= 11 is 0. The third-order valence-corrected chi connectivity index (χ3v) is 5.78. The molecular weight excluding hydrogens is 481 g/mol. The number of guanidine groups is 1. The molecule has 170 valence electrons. The van der Waals surface area contributed by atoms with Crippen molar-refractivity contribution in [2.24, 2.45) is 4.99 Å². The number of likely N-dealkylation sites (tertiary alicyclic amines) is 1. The zero-order valence-corrected chi connectivity index (χ0v) is 21.0. The number of aliphatic imine (C=N–C) groups is 1. The maximum absolute atomic E-state index is 12.3. The highest BCUT2D eigenvalue weighted by atomic mass is 127. The number of rotatable bonds is 9. The minimum atomic E-state index is 0. The fourth-order valence-electron chi connectivity index (χ4n) is 4.18. The number of ether oxygens (including phenoxy) is 1. The summed E-state index contributed by atoms with van der Waals surface area (Å²) in [5, 5.41) is 6.70. The van der Waals surface area contributed by atoms with Gasteiger partial charge in [0.1, 0.15) is 0 Å². The van der Waals surface area contributed by atoms with Gasteiger partial charge in [-0.3, -0.25) is 14.7 Å². The summed E-state index contributed by atoms with van der Waals surface area (Å²) < 4.78 is 6.02. The molecule has 7 nitrogen and oxygen atoms in total. The smallest absolute Gasteiger partial charge is 0.239 e. The first kappa shape index (κ1) is 26.4. The summed E-state index contributed by atoms with van der Waals surface area (Å²) in [5.41, 5.74) is 0. The second kappa shape index (κ2) is 15.2. The Bertz CT molecular complexity index is 482. The molecule has 1 aliphatic heterocycles. The number of halogens is 1. The van der Waals surface area contributed by atoms with Gasteiger partial charge in [-0.2, -0.15) is 0 Å². The van der Waals surface area contributed by atoms with Crippen molar-refractivity contribution >= 4 is 35.8 Å². The minimum Gasteiger partial charge on any atom is -0.376 e. The number of hydrogen-bond donors (Lipinski definition) is 2. The van der Waals surface area contributed by atoms with Gasteiger partial charge in [0.15, 0.2) is 5.96 Å². The third-order valence-electron chi connectivity index (χ3n) is 5.78. The number of hydrogen-bond acceptors (Lipinski definition) is 4. The zero-order chi connectivity index (χ0) is 20.2. The van der Waals surface area contributed by atoms with E-state index in [1.54, 1.807) is 11.9 Å². The zero-order valence-electron chi connectivity index (χ0n) is 18.6. The fourth-order valence-corrected chi connectivity index (χ4v) is 4.18. The topological polar surface area (TPSA) is 69.2 Å². The van der Waals surface area contributed by atoms with Gasteiger partial charge in [-0.25, -0.2) is 0 Å². The van der Waals surface area contributed by atoms with E-state index in [9.17, 15) is 4.79 Å². The van der Waals surface area contributed by atoms with Crippen LogP contribution < -0.4 is 10.6 Å². The number of nitrogens with zero attached hydrogens (tertiary/aromatic N) is 3. The molecule has 0 aromatic heterocycles. The van der Waals surface area contributed by atoms with Crippen LogP contribution in [0.1, 0.15) is 57.8 Å². The van der Waals surface area contributed by atoms with E-state index < -0.39 is 0 Å². The van der Waals surface area contributed by atoms with Gasteiger partial charge >= 0.3 is 0 Å². The van der Waals surface area contributed by atoms with Crippen molar-refractivity contribution in [3.05, 3.63) is 0 Å². The number of carbonyl (C=O) groups excluding carboxylic acids is 1. The summed E-state index contributed by atoms with van der Waals surface area (Å²) in [7, 11) is 5.49. The van der Waals surface area contributed by atoms with Crippen molar-refractivity contribution in [3.8, 4) is 0 Å². The largest absolute Gasteiger partial charge is 0.376 e. The first-order valence-corrected chi connectivity index (χ1v) is 11.1. The van der Waals surface area contributed by atoms with E-state index in [1.807, 2.05) is 14.1 Å². The standard InChI is InChI=1S/C21H41N5O2.HI/c1-22-21(24-14-17-28-18-10-6-4-5-7-11-18)23-13-9-16-26-15-8-12-19(26)20(27)25(2)3;/h18-19H,4-17H2,1-3H3,(H2,22,23,24);1H. The van der Waals surface area contributed by atoms with Gasteiger partial charge in [-0.15, -0.1) is 24.0 Å². The van der Waals surface area contributed by atoms with E-state index in [-0.39, 0.29) is 35.9 Å². The molecule has 2 N–H and O–H groups in total. The van der Waals surface area contributed by atoms with Gasteiger partial charge in [0.05, 0.1) is 18.8 Å². The second-order valence-electron chi connectivity index (χ2n) is 8.19. The molecule has 1 saturated carbocycles. The van der Waals surface area contributed by atoms with E-state index >= 15 is 0 Å². The highest BCUT2D eigenvalue weighted by Gasteiger charge is 2.30. The lowest BCUT2D eigenvalue weighted by Gasteiger charge is -2.26. The van der Waals surface area contributed by atoms with Crippen LogP contribution >= 0.6 is 24.0 Å². The quantitative estimate of drug-likeness (QED) is 0.160. The summed E-state index contributed by atoms with van der Waals surface area (Å²) in [6.45, 7) is 4.33. The Morgan fingerprint density at radius 1 is 1.07 bits per heavy atom. The van der Waals surface area contributed by atoms with Gasteiger partial charge < -0.3 is 20.3 Å². The predicted octanol–water partition coefficient (Wildman–Crippen LogP) is 2.45. The molecule has 0 radical (unpaired) electrons. The number of carbonyl (C=O) groups is 1. The molecular formula is C21H42IN5O2. The van der Waals surface area contributed by atoms with E-state index in [2.05, 4.69) is 20.5 Å². The van der Waals surface area contributed by atoms with Crippen molar-refractivity contribution in [3.63, 3.8) is 0 Å². The Labute approximate surface area is 194 Å². The molecule has 2 fully saturated rings. The van der Waals surface area contributed by atoms with Crippen LogP contribution in [0.5, 0.6) is 0 Å². The second-order valence-corrected chi connectivity index (χ2v) is 8.19. The van der Waals surface area contributed by atoms with E-state index in [1.165, 1.54) is 38.5 Å². The van der Waals surface area contributed by atoms with E-state index in [0.29, 0.717) is 6.10 Å². The van der Waals surface area contributed by atoms with Crippen molar-refractivity contribution in [2.45, 2.75) is 69.9 Å². The maximum atomic E-state index is 12.3. The average molecular weight is 524 g/mol. The highest BCUT2D eigenvalue weighted by molar-refractivity contribution is 14.0. The van der Waals surface area contributed by atoms with Gasteiger partial charge in [0.25, 0.3) is 0 Å². The van der Waals surface area contributed by atoms with Crippen LogP contribution in [-0.2, 0) is 9.53 Å². The Balaban J connectivity index is 0.00000420. The van der Waals surface area contributed by atoms with Crippen molar-refractivity contribution in [1.82, 2.24) is 20.4 Å². The summed E-state index contributed by atoms with van der Waals surface area (Å²) in [6.07, 6.45) is 11.3. The average Bonchev–Trinajstić information content (AvgIpc) is 3.00. The molecule has 0 aromatic carbocycles. The molecule has 2 aliphatic rings. The number of amides is 1. The molecule has 1 amide bonds. The van der Waals surface area contributed by atoms with Crippen molar-refractivity contribution in [2.75, 3.05) is 53.9 Å². The predicted molar refractivity (Wildman–Crippen MR) is 130 cm³/mol. The molecule has 0 spiro atoms. The van der Waals surface area contributed by atoms with Crippen LogP contribution in [0.2, 0.25) is 0 Å². The summed E-state index contributed by atoms with van der Waals surface area (Å²) in [6, 6.07) is 0.0635. The third kappa shape index (κ3) is 9.83. The lowest BCUT2D eigenvalue weighted by Crippen LogP contribution is -2.44. The molecule has 0 bridgehead atoms. The van der Waals surface area contributed by atoms with Crippen LogP contribution in [0.3, 0.4) is 0 Å². The fraction of sp³-hybridized carbons (Fsp3) is 0.905. The molecule has 1 atom stereocenters. The van der Waals surface area contributed by atoms with Gasteiger partial charge in [0.2, 0.25) is 5.91 Å². The van der Waals surface area contributed by atoms with E-state index in [0.717, 1.165) is 58.0 Å². The Kier molecular flexibility index (Phi) is 13.9. The Morgan fingerprint density at radius 3 is 2.41 bits per heavy atom. The molecule has 1 heterocycles. The van der Waals surface area contributed by atoms with Crippen LogP contribution in [0.15, 0.2) is 4.99 Å². The first-order valence-electron chi connectivity index (χ1n) is 11.1. The minimum absolute atomic E-state index is 0. The molecule has 29 heavy (non-hydrogen) atoms. The van der Waals surface area contributed by atoms with Gasteiger partial charge in [-0.1, -0.05) is 25.7 Å². The molecule has 8 heteroatoms. The maximum Gasteiger partial charge on any atom is 0.239 e. The SMILES string of the molecule is CN=C(NCCCN1CCCC1C(=O)N(C)C)NCCOC1CCCCCC1.I. The van der Waals surface area contributed by atoms with Crippen LogP contribution in [0, 0.1) is 0 Å².